The van der Waals surface area contributed by atoms with E-state index in [1.165, 1.54) is 6.20 Å². The van der Waals surface area contributed by atoms with E-state index in [4.69, 9.17) is 5.11 Å². The minimum atomic E-state index is -1.10. The van der Waals surface area contributed by atoms with Crippen LogP contribution < -0.4 is 0 Å². The van der Waals surface area contributed by atoms with Gasteiger partial charge in [0.1, 0.15) is 0 Å². The summed E-state index contributed by atoms with van der Waals surface area (Å²) in [6.45, 7) is 1.18. The first-order valence-corrected chi connectivity index (χ1v) is 8.10. The largest absolute Gasteiger partial charge is 0.476 e. The van der Waals surface area contributed by atoms with Crippen molar-refractivity contribution in [1.82, 2.24) is 29.7 Å². The number of carboxylic acids is 1. The van der Waals surface area contributed by atoms with Crippen LogP contribution in [0.4, 0.5) is 0 Å². The predicted octanol–water partition coefficient (Wildman–Crippen LogP) is 0.985. The third kappa shape index (κ3) is 2.77. The van der Waals surface area contributed by atoms with Crippen molar-refractivity contribution >= 4 is 11.9 Å². The summed E-state index contributed by atoms with van der Waals surface area (Å²) in [5, 5.41) is 20.8. The summed E-state index contributed by atoms with van der Waals surface area (Å²) < 4.78 is 3.42. The first-order valence-electron chi connectivity index (χ1n) is 8.10. The summed E-state index contributed by atoms with van der Waals surface area (Å²) in [7, 11) is 0. The van der Waals surface area contributed by atoms with E-state index in [1.54, 1.807) is 15.8 Å². The number of carboxylic acid groups (broad SMARTS) is 1. The molecule has 9 heteroatoms. The molecular weight excluding hydrogens is 312 g/mol. The van der Waals surface area contributed by atoms with Crippen LogP contribution in [0.25, 0.3) is 0 Å². The van der Waals surface area contributed by atoms with Gasteiger partial charge in [-0.1, -0.05) is 5.21 Å². The SMILES string of the molecule is O=C(O)c1cn(C2CCCN(C(=O)c3cnn(C4CC4)c3)C2)nn1. The molecule has 1 unspecified atom stereocenters. The molecule has 9 nitrogen and oxygen atoms in total. The molecule has 2 fully saturated rings. The number of hydrogen-bond acceptors (Lipinski definition) is 5. The molecule has 0 spiro atoms. The highest BCUT2D eigenvalue weighted by molar-refractivity contribution is 5.93. The molecule has 2 aromatic rings. The van der Waals surface area contributed by atoms with Gasteiger partial charge in [-0.2, -0.15) is 5.10 Å². The zero-order valence-electron chi connectivity index (χ0n) is 13.1. The molecule has 1 saturated carbocycles. The fraction of sp³-hybridized carbons (Fsp3) is 0.533. The molecule has 1 N–H and O–H groups in total. The average Bonchev–Trinajstić information content (AvgIpc) is 3.13. The number of rotatable bonds is 4. The molecule has 1 atom stereocenters. The van der Waals surface area contributed by atoms with E-state index in [1.807, 2.05) is 10.9 Å². The van der Waals surface area contributed by atoms with Gasteiger partial charge in [0.15, 0.2) is 5.69 Å². The van der Waals surface area contributed by atoms with Crippen molar-refractivity contribution < 1.29 is 14.7 Å². The Morgan fingerprint density at radius 3 is 2.67 bits per heavy atom. The van der Waals surface area contributed by atoms with Gasteiger partial charge in [-0.3, -0.25) is 9.48 Å². The van der Waals surface area contributed by atoms with E-state index in [9.17, 15) is 9.59 Å². The molecule has 24 heavy (non-hydrogen) atoms. The first-order chi connectivity index (χ1) is 11.6. The topological polar surface area (TPSA) is 106 Å². The van der Waals surface area contributed by atoms with Crippen LogP contribution in [0.2, 0.25) is 0 Å². The van der Waals surface area contributed by atoms with Crippen molar-refractivity contribution in [2.24, 2.45) is 0 Å². The lowest BCUT2D eigenvalue weighted by Gasteiger charge is -2.32. The minimum absolute atomic E-state index is 0.0369. The second-order valence-corrected chi connectivity index (χ2v) is 6.38. The normalized spacial score (nSPS) is 21.0. The lowest BCUT2D eigenvalue weighted by molar-refractivity contribution is 0.0666. The highest BCUT2D eigenvalue weighted by atomic mass is 16.4. The van der Waals surface area contributed by atoms with Gasteiger partial charge < -0.3 is 10.0 Å². The Bertz CT molecular complexity index is 778. The number of hydrogen-bond donors (Lipinski definition) is 1. The van der Waals surface area contributed by atoms with Crippen LogP contribution in [0, 0.1) is 0 Å². The molecule has 126 valence electrons. The zero-order valence-corrected chi connectivity index (χ0v) is 13.1. The highest BCUT2D eigenvalue weighted by Gasteiger charge is 2.29. The second-order valence-electron chi connectivity index (χ2n) is 6.38. The monoisotopic (exact) mass is 330 g/mol. The average molecular weight is 330 g/mol. The number of carbonyl (C=O) groups is 2. The molecule has 2 aromatic heterocycles. The maximum atomic E-state index is 12.7. The van der Waals surface area contributed by atoms with Gasteiger partial charge in [0.05, 0.1) is 30.0 Å². The van der Waals surface area contributed by atoms with Crippen LogP contribution in [0.15, 0.2) is 18.6 Å². The summed E-state index contributed by atoms with van der Waals surface area (Å²) in [5.74, 6) is -1.14. The lowest BCUT2D eigenvalue weighted by Crippen LogP contribution is -2.40. The third-order valence-electron chi connectivity index (χ3n) is 4.56. The van der Waals surface area contributed by atoms with Crippen molar-refractivity contribution in [1.29, 1.82) is 0 Å². The van der Waals surface area contributed by atoms with Crippen molar-refractivity contribution in [2.75, 3.05) is 13.1 Å². The highest BCUT2D eigenvalue weighted by Crippen LogP contribution is 2.34. The Kier molecular flexibility index (Phi) is 3.55. The molecule has 0 aromatic carbocycles. The van der Waals surface area contributed by atoms with Crippen LogP contribution in [0.5, 0.6) is 0 Å². The minimum Gasteiger partial charge on any atom is -0.476 e. The summed E-state index contributed by atoms with van der Waals surface area (Å²) in [6.07, 6.45) is 8.80. The molecule has 3 heterocycles. The Morgan fingerprint density at radius 1 is 1.12 bits per heavy atom. The van der Waals surface area contributed by atoms with Crippen molar-refractivity contribution in [2.45, 2.75) is 37.8 Å². The summed E-state index contributed by atoms with van der Waals surface area (Å²) >= 11 is 0. The van der Waals surface area contributed by atoms with Crippen molar-refractivity contribution in [3.8, 4) is 0 Å². The molecule has 2 aliphatic rings. The van der Waals surface area contributed by atoms with Gasteiger partial charge in [-0.05, 0) is 25.7 Å². The van der Waals surface area contributed by atoms with Crippen LogP contribution in [0.3, 0.4) is 0 Å². The van der Waals surface area contributed by atoms with Gasteiger partial charge in [0, 0.05) is 19.3 Å². The Balaban J connectivity index is 1.46. The van der Waals surface area contributed by atoms with Gasteiger partial charge in [-0.15, -0.1) is 5.10 Å². The van der Waals surface area contributed by atoms with Crippen molar-refractivity contribution in [3.05, 3.63) is 29.8 Å². The molecule has 1 amide bonds. The molecule has 0 bridgehead atoms. The predicted molar refractivity (Wildman–Crippen MR) is 81.7 cm³/mol. The Morgan fingerprint density at radius 2 is 1.96 bits per heavy atom. The van der Waals surface area contributed by atoms with Gasteiger partial charge in [0.2, 0.25) is 0 Å². The quantitative estimate of drug-likeness (QED) is 0.896. The van der Waals surface area contributed by atoms with Gasteiger partial charge >= 0.3 is 5.97 Å². The van der Waals surface area contributed by atoms with Crippen LogP contribution in [-0.4, -0.2) is 59.7 Å². The summed E-state index contributed by atoms with van der Waals surface area (Å²) in [6, 6.07) is 0.395. The van der Waals surface area contributed by atoms with Crippen LogP contribution in [0.1, 0.15) is 58.6 Å². The second kappa shape index (κ2) is 5.73. The maximum absolute atomic E-state index is 12.7. The number of aromatic carboxylic acids is 1. The molecule has 1 aliphatic carbocycles. The number of piperidine rings is 1. The Labute approximate surface area is 137 Å². The van der Waals surface area contributed by atoms with Crippen LogP contribution >= 0.6 is 0 Å². The van der Waals surface area contributed by atoms with E-state index >= 15 is 0 Å². The molecule has 0 radical (unpaired) electrons. The molecule has 4 rings (SSSR count). The van der Waals surface area contributed by atoms with E-state index in [-0.39, 0.29) is 17.6 Å². The number of carbonyl (C=O) groups excluding carboxylic acids is 1. The van der Waals surface area contributed by atoms with Crippen LogP contribution in [-0.2, 0) is 0 Å². The summed E-state index contributed by atoms with van der Waals surface area (Å²) in [4.78, 5) is 25.4. The number of nitrogens with zero attached hydrogens (tertiary/aromatic N) is 6. The molecule has 1 saturated heterocycles. The third-order valence-corrected chi connectivity index (χ3v) is 4.56. The zero-order chi connectivity index (χ0) is 16.7. The van der Waals surface area contributed by atoms with E-state index < -0.39 is 5.97 Å². The fourth-order valence-corrected chi connectivity index (χ4v) is 3.08. The molecular formula is C15H18N6O3. The fourth-order valence-electron chi connectivity index (χ4n) is 3.08. The first kappa shape index (κ1) is 14.9. The van der Waals surface area contributed by atoms with E-state index in [0.29, 0.717) is 24.7 Å². The number of amides is 1. The summed E-state index contributed by atoms with van der Waals surface area (Å²) in [5.41, 5.74) is 0.525. The van der Waals surface area contributed by atoms with Gasteiger partial charge in [-0.25, -0.2) is 9.48 Å². The maximum Gasteiger partial charge on any atom is 0.358 e. The Hall–Kier alpha value is -2.71. The number of likely N-dealkylation sites (tertiary alicyclic amines) is 1. The number of aromatic nitrogens is 5. The van der Waals surface area contributed by atoms with E-state index in [0.717, 1.165) is 25.7 Å². The molecule has 1 aliphatic heterocycles. The standard InChI is InChI=1S/C15H18N6O3/c22-14(10-6-16-20(7-10)11-3-4-11)19-5-1-2-12(8-19)21-9-13(15(23)24)17-18-21/h6-7,9,11-12H,1-5,8H2,(H,23,24). The van der Waals surface area contributed by atoms with Gasteiger partial charge in [0.25, 0.3) is 5.91 Å². The lowest BCUT2D eigenvalue weighted by atomic mass is 10.1. The van der Waals surface area contributed by atoms with Crippen molar-refractivity contribution in [3.63, 3.8) is 0 Å². The van der Waals surface area contributed by atoms with E-state index in [2.05, 4.69) is 15.4 Å². The smallest absolute Gasteiger partial charge is 0.358 e.